The molecule has 1 N–H and O–H groups in total. The Bertz CT molecular complexity index is 1010. The van der Waals surface area contributed by atoms with Gasteiger partial charge in [-0.3, -0.25) is 9.79 Å². The number of hydrogen-bond acceptors (Lipinski definition) is 5. The van der Waals surface area contributed by atoms with Crippen LogP contribution in [-0.4, -0.2) is 41.3 Å². The second-order valence-corrected chi connectivity index (χ2v) is 9.55. The monoisotopic (exact) mass is 439 g/mol. The van der Waals surface area contributed by atoms with E-state index >= 15 is 0 Å². The van der Waals surface area contributed by atoms with Gasteiger partial charge in [0, 0.05) is 43.2 Å². The highest BCUT2D eigenvalue weighted by Crippen LogP contribution is 2.21. The first-order chi connectivity index (χ1) is 15.1. The molecule has 1 aromatic carbocycles. The number of nitrogens with zero attached hydrogens (tertiary/aromatic N) is 2. The van der Waals surface area contributed by atoms with Crippen LogP contribution in [0.3, 0.4) is 0 Å². The smallest absolute Gasteiger partial charge is 0.408 e. The van der Waals surface area contributed by atoms with Crippen molar-refractivity contribution in [3.63, 3.8) is 0 Å². The lowest BCUT2D eigenvalue weighted by atomic mass is 10.1. The highest BCUT2D eigenvalue weighted by molar-refractivity contribution is 5.86. The molecule has 32 heavy (non-hydrogen) atoms. The highest BCUT2D eigenvalue weighted by atomic mass is 16.6. The fourth-order valence-corrected chi connectivity index (χ4v) is 3.63. The first kappa shape index (κ1) is 23.6. The van der Waals surface area contributed by atoms with Crippen LogP contribution in [0, 0.1) is 5.92 Å². The number of furan rings is 1. The molecule has 2 amide bonds. The Kier molecular flexibility index (Phi) is 7.38. The fraction of sp³-hybridized carbons (Fsp3) is 0.480. The van der Waals surface area contributed by atoms with Crippen molar-refractivity contribution in [1.29, 1.82) is 0 Å². The summed E-state index contributed by atoms with van der Waals surface area (Å²) < 4.78 is 10.8. The Morgan fingerprint density at radius 2 is 2.03 bits per heavy atom. The van der Waals surface area contributed by atoms with E-state index in [2.05, 4.69) is 24.2 Å². The van der Waals surface area contributed by atoms with Crippen LogP contribution >= 0.6 is 0 Å². The molecular weight excluding hydrogens is 406 g/mol. The van der Waals surface area contributed by atoms with E-state index in [9.17, 15) is 9.59 Å². The number of hydrogen-bond donors (Lipinski definition) is 1. The van der Waals surface area contributed by atoms with Gasteiger partial charge in [0.2, 0.25) is 5.91 Å². The van der Waals surface area contributed by atoms with Crippen molar-refractivity contribution >= 4 is 29.2 Å². The summed E-state index contributed by atoms with van der Waals surface area (Å²) in [7, 11) is 0. The first-order valence-electron chi connectivity index (χ1n) is 11.1. The van der Waals surface area contributed by atoms with Gasteiger partial charge in [-0.1, -0.05) is 26.0 Å². The standard InChI is InChI=1S/C25H33N3O4/c1-17(2)15-28(16-18-8-9-22-19(13-18)10-12-31-22)23(29)21(14-20-7-6-11-26-20)27-24(30)32-25(3,4)5/h7-13,17,21H,6,14-16H2,1-5H3,(H,27,30)/t21-/m0/s1. The molecule has 1 aromatic heterocycles. The van der Waals surface area contributed by atoms with Gasteiger partial charge in [-0.15, -0.1) is 0 Å². The lowest BCUT2D eigenvalue weighted by Gasteiger charge is -2.30. The minimum atomic E-state index is -0.761. The van der Waals surface area contributed by atoms with E-state index in [1.807, 2.05) is 30.3 Å². The van der Waals surface area contributed by atoms with Crippen molar-refractivity contribution in [2.45, 2.75) is 65.6 Å². The zero-order valence-corrected chi connectivity index (χ0v) is 19.6. The number of amides is 2. The quantitative estimate of drug-likeness (QED) is 0.623. The van der Waals surface area contributed by atoms with Crippen LogP contribution in [0.2, 0.25) is 0 Å². The minimum Gasteiger partial charge on any atom is -0.464 e. The number of alkyl carbamates (subject to hydrolysis) is 1. The van der Waals surface area contributed by atoms with Crippen LogP contribution in [0.25, 0.3) is 11.0 Å². The SMILES string of the molecule is CC(C)CN(Cc1ccc2occc2c1)C(=O)[C@H](CC1=CCC=N1)NC(=O)OC(C)(C)C. The Hall–Kier alpha value is -3.09. The molecule has 1 atom stereocenters. The third kappa shape index (κ3) is 6.70. The number of rotatable bonds is 8. The van der Waals surface area contributed by atoms with E-state index < -0.39 is 17.7 Å². The lowest BCUT2D eigenvalue weighted by molar-refractivity contribution is -0.134. The van der Waals surface area contributed by atoms with E-state index in [1.165, 1.54) is 0 Å². The van der Waals surface area contributed by atoms with Gasteiger partial charge < -0.3 is 19.4 Å². The van der Waals surface area contributed by atoms with Crippen molar-refractivity contribution in [1.82, 2.24) is 10.2 Å². The molecule has 2 aromatic rings. The van der Waals surface area contributed by atoms with Crippen molar-refractivity contribution < 1.29 is 18.7 Å². The lowest BCUT2D eigenvalue weighted by Crippen LogP contribution is -2.50. The molecule has 0 fully saturated rings. The Balaban J connectivity index is 1.81. The van der Waals surface area contributed by atoms with Crippen LogP contribution in [-0.2, 0) is 16.1 Å². The molecule has 1 aliphatic heterocycles. The summed E-state index contributed by atoms with van der Waals surface area (Å²) in [5.74, 6) is 0.113. The molecule has 3 rings (SSSR count). The van der Waals surface area contributed by atoms with Gasteiger partial charge in [-0.25, -0.2) is 4.79 Å². The van der Waals surface area contributed by atoms with Crippen LogP contribution < -0.4 is 5.32 Å². The number of carbonyl (C=O) groups excluding carboxylic acids is 2. The molecule has 0 unspecified atom stereocenters. The van der Waals surface area contributed by atoms with Crippen LogP contribution in [0.5, 0.6) is 0 Å². The molecule has 2 heterocycles. The molecule has 0 spiro atoms. The van der Waals surface area contributed by atoms with Crippen LogP contribution in [0.15, 0.2) is 51.7 Å². The molecule has 0 bridgehead atoms. The number of nitrogens with one attached hydrogen (secondary N) is 1. The molecular formula is C25H33N3O4. The second kappa shape index (κ2) is 10.0. The molecule has 172 valence electrons. The largest absolute Gasteiger partial charge is 0.464 e. The van der Waals surface area contributed by atoms with E-state index in [0.29, 0.717) is 19.5 Å². The molecule has 0 saturated carbocycles. The Morgan fingerprint density at radius 3 is 2.69 bits per heavy atom. The van der Waals surface area contributed by atoms with E-state index in [4.69, 9.17) is 9.15 Å². The number of fused-ring (bicyclic) bond motifs is 1. The molecule has 7 nitrogen and oxygen atoms in total. The number of benzene rings is 1. The highest BCUT2D eigenvalue weighted by Gasteiger charge is 2.29. The van der Waals surface area contributed by atoms with Gasteiger partial charge in [-0.05, 0) is 50.5 Å². The second-order valence-electron chi connectivity index (χ2n) is 9.55. The maximum absolute atomic E-state index is 13.6. The number of aliphatic imine (C=N–C) groups is 1. The molecule has 0 aliphatic carbocycles. The topological polar surface area (TPSA) is 84.1 Å². The minimum absolute atomic E-state index is 0.153. The molecule has 1 aliphatic rings. The molecule has 0 saturated heterocycles. The van der Waals surface area contributed by atoms with Gasteiger partial charge in [0.05, 0.1) is 6.26 Å². The third-order valence-corrected chi connectivity index (χ3v) is 4.91. The molecule has 7 heteroatoms. The number of allylic oxidation sites excluding steroid dienone is 1. The van der Waals surface area contributed by atoms with E-state index in [0.717, 1.165) is 28.7 Å². The van der Waals surface area contributed by atoms with Crippen LogP contribution in [0.1, 0.15) is 53.0 Å². The zero-order valence-electron chi connectivity index (χ0n) is 19.6. The zero-order chi connectivity index (χ0) is 23.3. The summed E-state index contributed by atoms with van der Waals surface area (Å²) in [4.78, 5) is 32.3. The summed E-state index contributed by atoms with van der Waals surface area (Å²) in [6.07, 6.45) is 5.88. The maximum Gasteiger partial charge on any atom is 0.408 e. The summed E-state index contributed by atoms with van der Waals surface area (Å²) in [5.41, 5.74) is 1.96. The van der Waals surface area contributed by atoms with Crippen molar-refractivity contribution in [2.75, 3.05) is 6.54 Å². The average Bonchev–Trinajstić information content (AvgIpc) is 3.35. The van der Waals surface area contributed by atoms with Gasteiger partial charge in [-0.2, -0.15) is 0 Å². The number of ether oxygens (including phenoxy) is 1. The first-order valence-corrected chi connectivity index (χ1v) is 11.1. The van der Waals surface area contributed by atoms with Gasteiger partial charge in [0.15, 0.2) is 0 Å². The van der Waals surface area contributed by atoms with Crippen LogP contribution in [0.4, 0.5) is 4.79 Å². The van der Waals surface area contributed by atoms with E-state index in [1.54, 1.807) is 38.1 Å². The van der Waals surface area contributed by atoms with Crippen molar-refractivity contribution in [3.05, 3.63) is 47.9 Å². The average molecular weight is 440 g/mol. The normalized spacial score (nSPS) is 14.5. The van der Waals surface area contributed by atoms with E-state index in [-0.39, 0.29) is 11.8 Å². The van der Waals surface area contributed by atoms with Crippen molar-refractivity contribution in [2.24, 2.45) is 10.9 Å². The predicted octanol–water partition coefficient (Wildman–Crippen LogP) is 5.06. The fourth-order valence-electron chi connectivity index (χ4n) is 3.63. The Morgan fingerprint density at radius 1 is 1.25 bits per heavy atom. The van der Waals surface area contributed by atoms with Crippen molar-refractivity contribution in [3.8, 4) is 0 Å². The van der Waals surface area contributed by atoms with Gasteiger partial charge >= 0.3 is 6.09 Å². The summed E-state index contributed by atoms with van der Waals surface area (Å²) in [6.45, 7) is 10.5. The summed E-state index contributed by atoms with van der Waals surface area (Å²) >= 11 is 0. The Labute approximate surface area is 189 Å². The summed E-state index contributed by atoms with van der Waals surface area (Å²) in [5, 5.41) is 3.78. The maximum atomic E-state index is 13.6. The molecule has 0 radical (unpaired) electrons. The predicted molar refractivity (Wildman–Crippen MR) is 125 cm³/mol. The summed E-state index contributed by atoms with van der Waals surface area (Å²) in [6, 6.07) is 7.05. The third-order valence-electron chi connectivity index (χ3n) is 4.91. The number of carbonyl (C=O) groups is 2. The van der Waals surface area contributed by atoms with Gasteiger partial charge in [0.1, 0.15) is 17.2 Å². The van der Waals surface area contributed by atoms with Gasteiger partial charge in [0.25, 0.3) is 0 Å².